The number of ether oxygens (including phenoxy) is 1. The van der Waals surface area contributed by atoms with Gasteiger partial charge in [-0.3, -0.25) is 0 Å². The average molecular weight is 380 g/mol. The van der Waals surface area contributed by atoms with E-state index in [0.717, 1.165) is 0 Å². The van der Waals surface area contributed by atoms with Gasteiger partial charge in [0.1, 0.15) is 11.4 Å². The number of amides is 2. The van der Waals surface area contributed by atoms with Crippen molar-refractivity contribution in [1.82, 2.24) is 9.47 Å². The van der Waals surface area contributed by atoms with Gasteiger partial charge in [0.05, 0.1) is 12.1 Å². The molecule has 128 valence electrons. The standard InChI is InChI=1S/C17H13Cl2N2O4/c1-21(15(22)10-18,16-20-12-7-3-5-9-14(12)24-16)17(23)25-13-8-4-2-6-11(13)19/h2-9H,10H2,1H3/q+1. The summed E-state index contributed by atoms with van der Waals surface area (Å²) in [6.07, 6.45) is -0.926. The zero-order valence-electron chi connectivity index (χ0n) is 13.1. The van der Waals surface area contributed by atoms with Crippen LogP contribution in [-0.2, 0) is 4.79 Å². The van der Waals surface area contributed by atoms with E-state index in [2.05, 4.69) is 4.98 Å². The molecule has 2 amide bonds. The number of oxazole rings is 1. The molecule has 25 heavy (non-hydrogen) atoms. The fourth-order valence-electron chi connectivity index (χ4n) is 2.17. The first-order chi connectivity index (χ1) is 12.0. The van der Waals surface area contributed by atoms with Crippen LogP contribution in [0.4, 0.5) is 10.8 Å². The number of benzene rings is 2. The van der Waals surface area contributed by atoms with E-state index in [0.29, 0.717) is 11.1 Å². The molecule has 1 atom stereocenters. The molecule has 0 N–H and O–H groups in total. The van der Waals surface area contributed by atoms with Crippen molar-refractivity contribution in [3.63, 3.8) is 0 Å². The van der Waals surface area contributed by atoms with Gasteiger partial charge in [-0.15, -0.1) is 11.6 Å². The molecular formula is C17H13Cl2N2O4+. The van der Waals surface area contributed by atoms with Crippen LogP contribution in [0, 0.1) is 0 Å². The van der Waals surface area contributed by atoms with Crippen LogP contribution in [0.5, 0.6) is 5.75 Å². The number of quaternary nitrogens is 1. The van der Waals surface area contributed by atoms with Gasteiger partial charge < -0.3 is 9.15 Å². The normalized spacial score (nSPS) is 13.4. The Morgan fingerprint density at radius 2 is 1.84 bits per heavy atom. The number of para-hydroxylation sites is 3. The van der Waals surface area contributed by atoms with Gasteiger partial charge in [0.15, 0.2) is 11.3 Å². The largest absolute Gasteiger partial charge is 0.538 e. The predicted molar refractivity (Wildman–Crippen MR) is 94.9 cm³/mol. The summed E-state index contributed by atoms with van der Waals surface area (Å²) in [5.74, 6) is -0.949. The van der Waals surface area contributed by atoms with E-state index >= 15 is 0 Å². The fourth-order valence-corrected chi connectivity index (χ4v) is 2.58. The number of fused-ring (bicyclic) bond motifs is 1. The quantitative estimate of drug-likeness (QED) is 0.498. The zero-order chi connectivity index (χ0) is 18.0. The van der Waals surface area contributed by atoms with Gasteiger partial charge in [0.25, 0.3) is 0 Å². The first-order valence-corrected chi connectivity index (χ1v) is 8.17. The van der Waals surface area contributed by atoms with E-state index in [4.69, 9.17) is 32.4 Å². The van der Waals surface area contributed by atoms with Crippen LogP contribution in [0.1, 0.15) is 0 Å². The van der Waals surface area contributed by atoms with Crippen molar-refractivity contribution in [2.24, 2.45) is 0 Å². The molecule has 1 heterocycles. The number of carbonyl (C=O) groups is 2. The second-order valence-corrected chi connectivity index (χ2v) is 5.97. The number of aromatic nitrogens is 1. The van der Waals surface area contributed by atoms with E-state index in [1.807, 2.05) is 0 Å². The Morgan fingerprint density at radius 3 is 2.52 bits per heavy atom. The molecule has 0 radical (unpaired) electrons. The van der Waals surface area contributed by atoms with Crippen LogP contribution >= 0.6 is 23.2 Å². The van der Waals surface area contributed by atoms with Crippen molar-refractivity contribution in [1.29, 1.82) is 0 Å². The van der Waals surface area contributed by atoms with Gasteiger partial charge >= 0.3 is 18.0 Å². The molecule has 0 saturated carbocycles. The molecular weight excluding hydrogens is 367 g/mol. The highest BCUT2D eigenvalue weighted by molar-refractivity contribution is 6.32. The van der Waals surface area contributed by atoms with E-state index in [9.17, 15) is 9.59 Å². The molecule has 1 aromatic heterocycles. The molecule has 3 rings (SSSR count). The predicted octanol–water partition coefficient (Wildman–Crippen LogP) is 4.38. The van der Waals surface area contributed by atoms with Crippen molar-refractivity contribution >= 4 is 52.3 Å². The zero-order valence-corrected chi connectivity index (χ0v) is 14.6. The Hall–Kier alpha value is -2.41. The highest BCUT2D eigenvalue weighted by Gasteiger charge is 2.49. The number of imide groups is 1. The molecule has 8 heteroatoms. The Kier molecular flexibility index (Phi) is 4.76. The van der Waals surface area contributed by atoms with E-state index < -0.39 is 22.4 Å². The van der Waals surface area contributed by atoms with Gasteiger partial charge in [0, 0.05) is 0 Å². The summed E-state index contributed by atoms with van der Waals surface area (Å²) < 4.78 is 9.92. The van der Waals surface area contributed by atoms with Crippen molar-refractivity contribution in [2.45, 2.75) is 0 Å². The van der Waals surface area contributed by atoms with Gasteiger partial charge in [-0.05, 0) is 24.3 Å². The Morgan fingerprint density at radius 1 is 1.16 bits per heavy atom. The second kappa shape index (κ2) is 6.84. The molecule has 6 nitrogen and oxygen atoms in total. The van der Waals surface area contributed by atoms with Crippen LogP contribution in [0.3, 0.4) is 0 Å². The number of carbonyl (C=O) groups excluding carboxylic acids is 2. The third-order valence-corrected chi connectivity index (χ3v) is 4.22. The van der Waals surface area contributed by atoms with Crippen molar-refractivity contribution in [3.8, 4) is 5.75 Å². The first-order valence-electron chi connectivity index (χ1n) is 7.25. The Balaban J connectivity index is 2.05. The number of alkyl halides is 1. The minimum atomic E-state index is -0.983. The second-order valence-electron chi connectivity index (χ2n) is 5.30. The molecule has 0 aliphatic carbocycles. The van der Waals surface area contributed by atoms with Gasteiger partial charge in [0.2, 0.25) is 0 Å². The lowest BCUT2D eigenvalue weighted by atomic mass is 10.3. The highest BCUT2D eigenvalue weighted by atomic mass is 35.5. The molecule has 0 aliphatic heterocycles. The highest BCUT2D eigenvalue weighted by Crippen LogP contribution is 2.30. The van der Waals surface area contributed by atoms with Crippen LogP contribution in [0.15, 0.2) is 52.9 Å². The molecule has 0 saturated heterocycles. The summed E-state index contributed by atoms with van der Waals surface area (Å²) in [6.45, 7) is 0. The smallest absolute Gasteiger partial charge is 0.394 e. The van der Waals surface area contributed by atoms with E-state index in [-0.39, 0.29) is 16.8 Å². The maximum absolute atomic E-state index is 12.8. The lowest BCUT2D eigenvalue weighted by molar-refractivity contribution is -0.125. The van der Waals surface area contributed by atoms with Gasteiger partial charge in [-0.2, -0.15) is 9.78 Å². The molecule has 3 aromatic rings. The minimum absolute atomic E-state index is 0.122. The molecule has 0 spiro atoms. The van der Waals surface area contributed by atoms with Crippen LogP contribution in [0.25, 0.3) is 11.1 Å². The minimum Gasteiger partial charge on any atom is -0.394 e. The van der Waals surface area contributed by atoms with Gasteiger partial charge in [-0.1, -0.05) is 40.3 Å². The van der Waals surface area contributed by atoms with Crippen LogP contribution in [-0.4, -0.2) is 29.9 Å². The Bertz CT molecular complexity index is 923. The monoisotopic (exact) mass is 379 g/mol. The van der Waals surface area contributed by atoms with E-state index in [1.165, 1.54) is 13.1 Å². The molecule has 2 aromatic carbocycles. The lowest BCUT2D eigenvalue weighted by Crippen LogP contribution is -2.57. The van der Waals surface area contributed by atoms with Crippen LogP contribution < -0.4 is 9.22 Å². The summed E-state index contributed by atoms with van der Waals surface area (Å²) in [7, 11) is 1.31. The third kappa shape index (κ3) is 3.11. The number of rotatable bonds is 3. The van der Waals surface area contributed by atoms with Gasteiger partial charge in [-0.25, -0.2) is 4.79 Å². The van der Waals surface area contributed by atoms with Crippen molar-refractivity contribution in [3.05, 3.63) is 53.6 Å². The van der Waals surface area contributed by atoms with Crippen molar-refractivity contribution in [2.75, 3.05) is 12.9 Å². The molecule has 0 aliphatic rings. The summed E-state index contributed by atoms with van der Waals surface area (Å²) in [5.41, 5.74) is 0.949. The summed E-state index contributed by atoms with van der Waals surface area (Å²) >= 11 is 11.7. The lowest BCUT2D eigenvalue weighted by Gasteiger charge is -2.21. The fraction of sp³-hybridized carbons (Fsp3) is 0.118. The maximum Gasteiger partial charge on any atom is 0.538 e. The summed E-state index contributed by atoms with van der Waals surface area (Å²) in [4.78, 5) is 29.4. The molecule has 0 bridgehead atoms. The number of hydrogen-bond acceptors (Lipinski definition) is 5. The van der Waals surface area contributed by atoms with E-state index in [1.54, 1.807) is 42.5 Å². The number of nitrogens with zero attached hydrogens (tertiary/aromatic N) is 2. The summed E-state index contributed by atoms with van der Waals surface area (Å²) in [5, 5.41) is 0.235. The topological polar surface area (TPSA) is 69.4 Å². The Labute approximate surface area is 153 Å². The number of hydrogen-bond donors (Lipinski definition) is 0. The summed E-state index contributed by atoms with van der Waals surface area (Å²) in [6, 6.07) is 13.2. The third-order valence-electron chi connectivity index (χ3n) is 3.68. The average Bonchev–Trinajstić information content (AvgIpc) is 3.06. The number of halogens is 2. The first kappa shape index (κ1) is 17.4. The maximum atomic E-state index is 12.8. The SMILES string of the molecule is C[N+](C(=O)CCl)(C(=O)Oc1ccccc1Cl)c1nc2ccccc2o1. The van der Waals surface area contributed by atoms with Crippen molar-refractivity contribution < 1.29 is 18.7 Å². The molecule has 0 fully saturated rings. The van der Waals surface area contributed by atoms with Crippen LogP contribution in [0.2, 0.25) is 5.02 Å². The molecule has 1 unspecified atom stereocenters.